The average Bonchev–Trinajstić information content (AvgIpc) is 3.05. The monoisotopic (exact) mass is 535 g/mol. The lowest BCUT2D eigenvalue weighted by molar-refractivity contribution is -0.305. The molecule has 2 aromatic rings. The number of ether oxygens (including phenoxy) is 1. The summed E-state index contributed by atoms with van der Waals surface area (Å²) in [6.45, 7) is 2.41. The minimum absolute atomic E-state index is 0.151. The van der Waals surface area contributed by atoms with Crippen LogP contribution < -0.4 is 10.4 Å². The van der Waals surface area contributed by atoms with Crippen molar-refractivity contribution >= 4 is 29.6 Å². The van der Waals surface area contributed by atoms with Crippen LogP contribution in [0.4, 0.5) is 10.5 Å². The number of carboxylic acids is 1. The summed E-state index contributed by atoms with van der Waals surface area (Å²) in [5.74, 6) is -1.41. The number of anilines is 1. The molecule has 4 rings (SSSR count). The van der Waals surface area contributed by atoms with E-state index in [2.05, 4.69) is 5.32 Å². The van der Waals surface area contributed by atoms with Crippen LogP contribution in [0.5, 0.6) is 0 Å². The van der Waals surface area contributed by atoms with Crippen molar-refractivity contribution in [2.45, 2.75) is 44.9 Å². The van der Waals surface area contributed by atoms with Crippen LogP contribution in [0.3, 0.4) is 0 Å². The lowest BCUT2D eigenvalue weighted by Gasteiger charge is -2.32. The van der Waals surface area contributed by atoms with Gasteiger partial charge in [-0.1, -0.05) is 36.4 Å². The van der Waals surface area contributed by atoms with Gasteiger partial charge in [-0.15, -0.1) is 0 Å². The van der Waals surface area contributed by atoms with Crippen LogP contribution >= 0.6 is 0 Å². The molecule has 2 heterocycles. The number of carbonyl (C=O) groups is 4. The van der Waals surface area contributed by atoms with Gasteiger partial charge in [0.25, 0.3) is 5.91 Å². The number of amides is 3. The van der Waals surface area contributed by atoms with Crippen LogP contribution in [0.2, 0.25) is 0 Å². The minimum atomic E-state index is -1.32. The zero-order valence-corrected chi connectivity index (χ0v) is 22.4. The van der Waals surface area contributed by atoms with Gasteiger partial charge in [0.05, 0.1) is 0 Å². The largest absolute Gasteiger partial charge is 0.550 e. The van der Waals surface area contributed by atoms with Crippen molar-refractivity contribution in [3.05, 3.63) is 65.2 Å². The molecular weight excluding hydrogens is 500 g/mol. The van der Waals surface area contributed by atoms with E-state index in [1.807, 2.05) is 30.3 Å². The normalized spacial score (nSPS) is 17.6. The Balaban J connectivity index is 1.26. The van der Waals surface area contributed by atoms with Crippen LogP contribution in [-0.4, -0.2) is 78.3 Å². The molecule has 2 aliphatic heterocycles. The van der Waals surface area contributed by atoms with E-state index in [9.17, 15) is 24.3 Å². The molecule has 10 heteroatoms. The first kappa shape index (κ1) is 27.9. The van der Waals surface area contributed by atoms with E-state index in [0.717, 1.165) is 30.4 Å². The highest BCUT2D eigenvalue weighted by molar-refractivity contribution is 5.96. The topological polar surface area (TPSA) is 122 Å². The number of fused-ring (bicyclic) bond motifs is 1. The fraction of sp³-hybridized carbons (Fsp3) is 0.448. The Morgan fingerprint density at radius 1 is 1.10 bits per heavy atom. The van der Waals surface area contributed by atoms with E-state index < -0.39 is 18.4 Å². The molecule has 3 amide bonds. The first-order valence-electron chi connectivity index (χ1n) is 13.3. The van der Waals surface area contributed by atoms with Crippen molar-refractivity contribution in [2.24, 2.45) is 5.92 Å². The Kier molecular flexibility index (Phi) is 9.06. The van der Waals surface area contributed by atoms with Gasteiger partial charge in [-0.05, 0) is 48.4 Å². The summed E-state index contributed by atoms with van der Waals surface area (Å²) in [5, 5.41) is 14.1. The molecular formula is C29H35N4O6-. The molecule has 0 spiro atoms. The Hall–Kier alpha value is -4.08. The highest BCUT2D eigenvalue weighted by atomic mass is 16.6. The summed E-state index contributed by atoms with van der Waals surface area (Å²) in [6.07, 6.45) is 1.78. The van der Waals surface area contributed by atoms with Crippen LogP contribution in [-0.2, 0) is 27.5 Å². The standard InChI is InChI=1S/C29H36N4O6/c1-31(13-10-20-11-14-33(15-12-20)29(38)39-19-21-6-4-3-5-7-21)27(36)22-8-9-23-18-32(2)28(37)25(17-26(34)35)30-24(23)16-22/h3-9,16,20,25,30H,10-15,17-19H2,1-2H3,(H,34,35)/p-1. The quantitative estimate of drug-likeness (QED) is 0.549. The summed E-state index contributed by atoms with van der Waals surface area (Å²) in [6, 6.07) is 13.9. The van der Waals surface area contributed by atoms with Crippen molar-refractivity contribution in [1.29, 1.82) is 0 Å². The molecule has 2 aliphatic rings. The molecule has 1 saturated heterocycles. The number of aliphatic carboxylic acids is 1. The fourth-order valence-electron chi connectivity index (χ4n) is 5.05. The number of rotatable bonds is 8. The fourth-order valence-corrected chi connectivity index (χ4v) is 5.05. The van der Waals surface area contributed by atoms with Gasteiger partial charge in [-0.2, -0.15) is 0 Å². The Morgan fingerprint density at radius 2 is 1.82 bits per heavy atom. The van der Waals surface area contributed by atoms with Crippen LogP contribution in [0.25, 0.3) is 0 Å². The smallest absolute Gasteiger partial charge is 0.410 e. The molecule has 1 atom stereocenters. The molecule has 10 nitrogen and oxygen atoms in total. The van der Waals surface area contributed by atoms with Crippen molar-refractivity contribution in [1.82, 2.24) is 14.7 Å². The second kappa shape index (κ2) is 12.6. The van der Waals surface area contributed by atoms with E-state index in [4.69, 9.17) is 4.74 Å². The minimum Gasteiger partial charge on any atom is -0.550 e. The van der Waals surface area contributed by atoms with Gasteiger partial charge in [-0.25, -0.2) is 4.79 Å². The summed E-state index contributed by atoms with van der Waals surface area (Å²) in [7, 11) is 3.38. The number of likely N-dealkylation sites (tertiary alicyclic amines) is 1. The SMILES string of the molecule is CN(CCC1CCN(C(=O)OCc2ccccc2)CC1)C(=O)c1ccc2c(c1)NC(CC(=O)[O-])C(=O)N(C)C2. The number of likely N-dealkylation sites (N-methyl/N-ethyl adjacent to an activating group) is 1. The summed E-state index contributed by atoms with van der Waals surface area (Å²) >= 11 is 0. The van der Waals surface area contributed by atoms with Crippen molar-refractivity contribution < 1.29 is 29.0 Å². The summed E-state index contributed by atoms with van der Waals surface area (Å²) < 4.78 is 5.44. The van der Waals surface area contributed by atoms with Gasteiger partial charge in [-0.3, -0.25) is 9.59 Å². The van der Waals surface area contributed by atoms with Crippen molar-refractivity contribution in [3.63, 3.8) is 0 Å². The lowest BCUT2D eigenvalue weighted by Crippen LogP contribution is -2.42. The first-order chi connectivity index (χ1) is 18.7. The Labute approximate surface area is 228 Å². The summed E-state index contributed by atoms with van der Waals surface area (Å²) in [5.41, 5.74) is 2.80. The molecule has 0 radical (unpaired) electrons. The predicted octanol–water partition coefficient (Wildman–Crippen LogP) is 2.09. The molecule has 0 saturated carbocycles. The molecule has 39 heavy (non-hydrogen) atoms. The highest BCUT2D eigenvalue weighted by Gasteiger charge is 2.28. The zero-order valence-electron chi connectivity index (χ0n) is 22.4. The van der Waals surface area contributed by atoms with Crippen molar-refractivity contribution in [3.8, 4) is 0 Å². The molecule has 1 unspecified atom stereocenters. The number of nitrogens with zero attached hydrogens (tertiary/aromatic N) is 3. The Bertz CT molecular complexity index is 1200. The van der Waals surface area contributed by atoms with Gasteiger partial charge in [0, 0.05) is 63.9 Å². The van der Waals surface area contributed by atoms with Crippen molar-refractivity contribution in [2.75, 3.05) is 39.0 Å². The molecule has 2 aromatic carbocycles. The van der Waals surface area contributed by atoms with Gasteiger partial charge in [0.15, 0.2) is 0 Å². The number of nitrogens with one attached hydrogen (secondary N) is 1. The third kappa shape index (κ3) is 7.28. The van der Waals surface area contributed by atoms with E-state index in [1.54, 1.807) is 42.1 Å². The van der Waals surface area contributed by atoms with Crippen LogP contribution in [0.1, 0.15) is 47.2 Å². The van der Waals surface area contributed by atoms with E-state index in [1.165, 1.54) is 4.90 Å². The number of carboxylic acid groups (broad SMARTS) is 1. The molecule has 1 fully saturated rings. The van der Waals surface area contributed by atoms with Gasteiger partial charge in [0.2, 0.25) is 5.91 Å². The third-order valence-corrected chi connectivity index (χ3v) is 7.44. The second-order valence-electron chi connectivity index (χ2n) is 10.3. The third-order valence-electron chi connectivity index (χ3n) is 7.44. The highest BCUT2D eigenvalue weighted by Crippen LogP contribution is 2.26. The van der Waals surface area contributed by atoms with Crippen LogP contribution in [0, 0.1) is 5.92 Å². The molecule has 208 valence electrons. The number of hydrogen-bond donors (Lipinski definition) is 1. The maximum atomic E-state index is 13.2. The number of benzene rings is 2. The molecule has 1 N–H and O–H groups in total. The maximum absolute atomic E-state index is 13.2. The van der Waals surface area contributed by atoms with E-state index in [-0.39, 0.29) is 24.5 Å². The van der Waals surface area contributed by atoms with E-state index >= 15 is 0 Å². The number of hydrogen-bond acceptors (Lipinski definition) is 7. The second-order valence-corrected chi connectivity index (χ2v) is 10.3. The molecule has 0 aliphatic carbocycles. The zero-order chi connectivity index (χ0) is 27.9. The summed E-state index contributed by atoms with van der Waals surface area (Å²) in [4.78, 5) is 54.1. The number of carbonyl (C=O) groups excluding carboxylic acids is 4. The number of piperidine rings is 1. The van der Waals surface area contributed by atoms with E-state index in [0.29, 0.717) is 43.3 Å². The molecule has 0 aromatic heterocycles. The predicted molar refractivity (Wildman–Crippen MR) is 142 cm³/mol. The van der Waals surface area contributed by atoms with Gasteiger partial charge < -0.3 is 34.7 Å². The first-order valence-corrected chi connectivity index (χ1v) is 13.3. The van der Waals surface area contributed by atoms with Crippen LogP contribution in [0.15, 0.2) is 48.5 Å². The maximum Gasteiger partial charge on any atom is 0.410 e. The average molecular weight is 536 g/mol. The van der Waals surface area contributed by atoms with Gasteiger partial charge >= 0.3 is 6.09 Å². The molecule has 0 bridgehead atoms. The lowest BCUT2D eigenvalue weighted by atomic mass is 9.93. The van der Waals surface area contributed by atoms with Gasteiger partial charge in [0.1, 0.15) is 12.6 Å². The Morgan fingerprint density at radius 3 is 2.51 bits per heavy atom.